The molecule has 1 unspecified atom stereocenters. The molecular weight excluding hydrogens is 514 g/mol. The zero-order valence-electron chi connectivity index (χ0n) is 20.8. The minimum absolute atomic E-state index is 0.144. The second-order valence-corrected chi connectivity index (χ2v) is 10.1. The number of benzene rings is 2. The van der Waals surface area contributed by atoms with E-state index in [0.29, 0.717) is 11.7 Å². The molecule has 0 aliphatic carbocycles. The van der Waals surface area contributed by atoms with E-state index in [9.17, 15) is 5.11 Å². The molecule has 1 saturated heterocycles. The van der Waals surface area contributed by atoms with E-state index in [1.807, 2.05) is 12.1 Å². The minimum Gasteiger partial charge on any atom is -0.490 e. The first kappa shape index (κ1) is 26.4. The van der Waals surface area contributed by atoms with Crippen LogP contribution in [0.3, 0.4) is 0 Å². The second-order valence-electron chi connectivity index (χ2n) is 9.29. The molecule has 7 nitrogen and oxygen atoms in total. The van der Waals surface area contributed by atoms with Crippen molar-refractivity contribution in [2.24, 2.45) is 5.92 Å². The summed E-state index contributed by atoms with van der Waals surface area (Å²) in [6, 6.07) is 12.4. The summed E-state index contributed by atoms with van der Waals surface area (Å²) in [5.41, 5.74) is 3.23. The van der Waals surface area contributed by atoms with Crippen molar-refractivity contribution in [3.05, 3.63) is 57.6 Å². The number of aliphatic hydroxyl groups excluding tert-OH is 1. The molecule has 2 aromatic rings. The highest BCUT2D eigenvalue weighted by atomic mass is 79.9. The molecule has 35 heavy (non-hydrogen) atoms. The SMILES string of the molecule is COCOc1cc(CC2CCN(CCc3ccc4c(c3)C(OC)(OC)C(O)CO4)CC2)ccc1Br. The maximum absolute atomic E-state index is 10.5. The van der Waals surface area contributed by atoms with Crippen LogP contribution in [0.5, 0.6) is 11.5 Å². The summed E-state index contributed by atoms with van der Waals surface area (Å²) in [5.74, 6) is 1.01. The Morgan fingerprint density at radius 2 is 1.80 bits per heavy atom. The number of rotatable bonds is 10. The van der Waals surface area contributed by atoms with E-state index in [4.69, 9.17) is 23.7 Å². The van der Waals surface area contributed by atoms with Crippen molar-refractivity contribution in [1.82, 2.24) is 4.90 Å². The van der Waals surface area contributed by atoms with E-state index >= 15 is 0 Å². The van der Waals surface area contributed by atoms with Crippen LogP contribution in [-0.4, -0.2) is 70.5 Å². The molecule has 0 bridgehead atoms. The third-order valence-electron chi connectivity index (χ3n) is 7.14. The molecule has 0 aromatic heterocycles. The average molecular weight is 550 g/mol. The van der Waals surface area contributed by atoms with Crippen LogP contribution in [-0.2, 0) is 32.8 Å². The first-order valence-electron chi connectivity index (χ1n) is 12.2. The van der Waals surface area contributed by atoms with Gasteiger partial charge in [-0.3, -0.25) is 0 Å². The van der Waals surface area contributed by atoms with Crippen LogP contribution in [0.15, 0.2) is 40.9 Å². The number of likely N-dealkylation sites (tertiary alicyclic amines) is 1. The molecule has 0 amide bonds. The highest BCUT2D eigenvalue weighted by Crippen LogP contribution is 2.41. The van der Waals surface area contributed by atoms with Crippen molar-refractivity contribution >= 4 is 15.9 Å². The van der Waals surface area contributed by atoms with Gasteiger partial charge in [-0.1, -0.05) is 12.1 Å². The molecule has 4 rings (SSSR count). The zero-order chi connectivity index (χ0) is 24.8. The normalized spacial score (nSPS) is 20.3. The molecule has 2 heterocycles. The zero-order valence-corrected chi connectivity index (χ0v) is 22.4. The first-order chi connectivity index (χ1) is 17.0. The van der Waals surface area contributed by atoms with Crippen LogP contribution in [0.1, 0.15) is 29.5 Å². The summed E-state index contributed by atoms with van der Waals surface area (Å²) in [6.45, 7) is 3.58. The second kappa shape index (κ2) is 12.0. The number of aliphatic hydroxyl groups is 1. The predicted octanol–water partition coefficient (Wildman–Crippen LogP) is 4.13. The number of hydrogen-bond donors (Lipinski definition) is 1. The van der Waals surface area contributed by atoms with Crippen molar-refractivity contribution in [3.63, 3.8) is 0 Å². The van der Waals surface area contributed by atoms with Gasteiger partial charge in [-0.25, -0.2) is 0 Å². The number of piperidine rings is 1. The Kier molecular flexibility index (Phi) is 9.07. The van der Waals surface area contributed by atoms with E-state index in [0.717, 1.165) is 48.3 Å². The lowest BCUT2D eigenvalue weighted by molar-refractivity contribution is -0.281. The van der Waals surface area contributed by atoms with E-state index in [2.05, 4.69) is 45.1 Å². The van der Waals surface area contributed by atoms with Crippen LogP contribution in [0.2, 0.25) is 0 Å². The molecule has 8 heteroatoms. The predicted molar refractivity (Wildman–Crippen MR) is 137 cm³/mol. The molecule has 1 N–H and O–H groups in total. The van der Waals surface area contributed by atoms with Crippen LogP contribution in [0.4, 0.5) is 0 Å². The van der Waals surface area contributed by atoms with Gasteiger partial charge < -0.3 is 33.7 Å². The number of hydrogen-bond acceptors (Lipinski definition) is 7. The molecule has 0 saturated carbocycles. The van der Waals surface area contributed by atoms with Crippen molar-refractivity contribution < 1.29 is 28.8 Å². The Hall–Kier alpha value is -1.68. The Morgan fingerprint density at radius 3 is 2.51 bits per heavy atom. The van der Waals surface area contributed by atoms with Gasteiger partial charge in [0.15, 0.2) is 6.79 Å². The van der Waals surface area contributed by atoms with Gasteiger partial charge in [-0.05, 0) is 96.0 Å². The number of fused-ring (bicyclic) bond motifs is 1. The Balaban J connectivity index is 1.30. The van der Waals surface area contributed by atoms with Crippen LogP contribution in [0.25, 0.3) is 0 Å². The van der Waals surface area contributed by atoms with Gasteiger partial charge in [0.2, 0.25) is 5.79 Å². The summed E-state index contributed by atoms with van der Waals surface area (Å²) < 4.78 is 28.6. The molecular formula is C27H36BrNO6. The molecule has 192 valence electrons. The maximum Gasteiger partial charge on any atom is 0.228 e. The number of ether oxygens (including phenoxy) is 5. The van der Waals surface area contributed by atoms with Gasteiger partial charge in [0, 0.05) is 27.9 Å². The topological polar surface area (TPSA) is 69.6 Å². The molecule has 2 aliphatic rings. The van der Waals surface area contributed by atoms with E-state index in [-0.39, 0.29) is 13.4 Å². The number of halogens is 1. The Labute approximate surface area is 216 Å². The highest BCUT2D eigenvalue weighted by Gasteiger charge is 2.46. The summed E-state index contributed by atoms with van der Waals surface area (Å²) in [7, 11) is 4.74. The van der Waals surface area contributed by atoms with Crippen LogP contribution in [0, 0.1) is 5.92 Å². The Morgan fingerprint density at radius 1 is 1.06 bits per heavy atom. The van der Waals surface area contributed by atoms with Gasteiger partial charge >= 0.3 is 0 Å². The minimum atomic E-state index is -1.19. The van der Waals surface area contributed by atoms with Crippen molar-refractivity contribution in [1.29, 1.82) is 0 Å². The molecule has 1 atom stereocenters. The van der Waals surface area contributed by atoms with Crippen molar-refractivity contribution in [3.8, 4) is 11.5 Å². The molecule has 0 radical (unpaired) electrons. The van der Waals surface area contributed by atoms with E-state index < -0.39 is 11.9 Å². The Bertz CT molecular complexity index is 974. The average Bonchev–Trinajstić information content (AvgIpc) is 2.89. The fraction of sp³-hybridized carbons (Fsp3) is 0.556. The van der Waals surface area contributed by atoms with Gasteiger partial charge in [0.05, 0.1) is 10.0 Å². The third kappa shape index (κ3) is 6.01. The van der Waals surface area contributed by atoms with Crippen LogP contribution >= 0.6 is 15.9 Å². The van der Waals surface area contributed by atoms with Crippen molar-refractivity contribution in [2.45, 2.75) is 37.6 Å². The first-order valence-corrected chi connectivity index (χ1v) is 13.0. The lowest BCUT2D eigenvalue weighted by Gasteiger charge is -2.40. The molecule has 2 aliphatic heterocycles. The van der Waals surface area contributed by atoms with Gasteiger partial charge in [0.25, 0.3) is 0 Å². The van der Waals surface area contributed by atoms with Crippen LogP contribution < -0.4 is 9.47 Å². The molecule has 0 spiro atoms. The van der Waals surface area contributed by atoms with Gasteiger partial charge in [-0.15, -0.1) is 0 Å². The maximum atomic E-state index is 10.5. The smallest absolute Gasteiger partial charge is 0.228 e. The lowest BCUT2D eigenvalue weighted by atomic mass is 9.90. The standard InChI is InChI=1S/C27H36BrNO6/c1-31-18-35-25-16-21(4-6-23(25)28)14-20-9-12-29(13-10-20)11-8-19-5-7-24-22(15-19)27(32-2,33-3)26(30)17-34-24/h4-7,15-16,20,26,30H,8-14,17-18H2,1-3H3. The highest BCUT2D eigenvalue weighted by molar-refractivity contribution is 9.10. The molecule has 2 aromatic carbocycles. The fourth-order valence-electron chi connectivity index (χ4n) is 5.11. The largest absolute Gasteiger partial charge is 0.490 e. The lowest BCUT2D eigenvalue weighted by Crippen LogP contribution is -2.49. The summed E-state index contributed by atoms with van der Waals surface area (Å²) in [6.07, 6.45) is 3.47. The third-order valence-corrected chi connectivity index (χ3v) is 7.79. The molecule has 1 fully saturated rings. The summed E-state index contributed by atoms with van der Waals surface area (Å²) >= 11 is 3.55. The van der Waals surface area contributed by atoms with E-state index in [1.165, 1.54) is 24.0 Å². The number of methoxy groups -OCH3 is 3. The monoisotopic (exact) mass is 549 g/mol. The quantitative estimate of drug-likeness (QED) is 0.447. The summed E-state index contributed by atoms with van der Waals surface area (Å²) in [5, 5.41) is 10.5. The number of nitrogens with zero attached hydrogens (tertiary/aromatic N) is 1. The van der Waals surface area contributed by atoms with Crippen molar-refractivity contribution in [2.75, 3.05) is 54.4 Å². The van der Waals surface area contributed by atoms with Gasteiger partial charge in [-0.2, -0.15) is 0 Å². The fourth-order valence-corrected chi connectivity index (χ4v) is 5.47. The van der Waals surface area contributed by atoms with E-state index in [1.54, 1.807) is 21.3 Å². The van der Waals surface area contributed by atoms with Gasteiger partial charge in [0.1, 0.15) is 24.2 Å². The summed E-state index contributed by atoms with van der Waals surface area (Å²) in [4.78, 5) is 2.54.